The van der Waals surface area contributed by atoms with Gasteiger partial charge in [0.2, 0.25) is 0 Å². The van der Waals surface area contributed by atoms with E-state index in [1.807, 2.05) is 13.8 Å². The zero-order valence-electron chi connectivity index (χ0n) is 13.5. The molecule has 0 amide bonds. The predicted molar refractivity (Wildman–Crippen MR) is 81.2 cm³/mol. The highest BCUT2D eigenvalue weighted by molar-refractivity contribution is 5.80. The molecule has 0 aliphatic rings. The molecule has 2 nitrogen and oxygen atoms in total. The van der Waals surface area contributed by atoms with Gasteiger partial charge in [-0.1, -0.05) is 47.5 Å². The number of carbonyl (C=O) groups excluding carboxylic acids is 2. The predicted octanol–water partition coefficient (Wildman–Crippen LogP) is 4.80. The smallest absolute Gasteiger partial charge is 0.135 e. The molecule has 2 heteroatoms. The van der Waals surface area contributed by atoms with E-state index < -0.39 is 0 Å². The van der Waals surface area contributed by atoms with Gasteiger partial charge in [-0.2, -0.15) is 0 Å². The minimum absolute atomic E-state index is 0.124. The van der Waals surface area contributed by atoms with Crippen molar-refractivity contribution in [3.8, 4) is 0 Å². The van der Waals surface area contributed by atoms with Crippen LogP contribution in [0.4, 0.5) is 0 Å². The van der Waals surface area contributed by atoms with E-state index in [0.29, 0.717) is 30.3 Å². The van der Waals surface area contributed by atoms with Crippen LogP contribution in [0, 0.1) is 17.8 Å². The highest BCUT2D eigenvalue weighted by Crippen LogP contribution is 2.16. The molecule has 0 saturated heterocycles. The van der Waals surface area contributed by atoms with Crippen LogP contribution >= 0.6 is 0 Å². The van der Waals surface area contributed by atoms with Gasteiger partial charge in [0.05, 0.1) is 0 Å². The van der Waals surface area contributed by atoms with E-state index in [2.05, 4.69) is 20.8 Å². The molecule has 0 heterocycles. The fourth-order valence-electron chi connectivity index (χ4n) is 2.14. The van der Waals surface area contributed by atoms with Crippen LogP contribution in [0.2, 0.25) is 0 Å². The molecule has 1 unspecified atom stereocenters. The minimum atomic E-state index is 0.124. The maximum Gasteiger partial charge on any atom is 0.135 e. The number of carbonyl (C=O) groups is 2. The Morgan fingerprint density at radius 2 is 1.47 bits per heavy atom. The summed E-state index contributed by atoms with van der Waals surface area (Å²) in [6.45, 7) is 10.4. The molecular formula is C17H32O2. The third-order valence-corrected chi connectivity index (χ3v) is 3.59. The quantitative estimate of drug-likeness (QED) is 0.504. The normalized spacial score (nSPS) is 13.0. The number of ketones is 2. The third-order valence-electron chi connectivity index (χ3n) is 3.59. The Morgan fingerprint density at radius 3 is 2.00 bits per heavy atom. The summed E-state index contributed by atoms with van der Waals surface area (Å²) in [6, 6.07) is 0. The van der Waals surface area contributed by atoms with Gasteiger partial charge in [0, 0.05) is 25.2 Å². The van der Waals surface area contributed by atoms with Crippen LogP contribution in [0.3, 0.4) is 0 Å². The van der Waals surface area contributed by atoms with Crippen LogP contribution in [-0.4, -0.2) is 11.6 Å². The molecule has 0 aliphatic heterocycles. The molecule has 0 fully saturated rings. The molecule has 0 aromatic carbocycles. The monoisotopic (exact) mass is 268 g/mol. The summed E-state index contributed by atoms with van der Waals surface area (Å²) in [6.07, 6.45) is 6.24. The zero-order valence-corrected chi connectivity index (χ0v) is 13.5. The summed E-state index contributed by atoms with van der Waals surface area (Å²) in [5.41, 5.74) is 0. The Hall–Kier alpha value is -0.660. The number of unbranched alkanes of at least 4 members (excludes halogenated alkanes) is 1. The first kappa shape index (κ1) is 18.3. The second-order valence-corrected chi connectivity index (χ2v) is 6.65. The van der Waals surface area contributed by atoms with E-state index in [4.69, 9.17) is 0 Å². The maximum absolute atomic E-state index is 11.8. The Bertz CT molecular complexity index is 266. The summed E-state index contributed by atoms with van der Waals surface area (Å²) in [5, 5.41) is 0. The van der Waals surface area contributed by atoms with E-state index in [-0.39, 0.29) is 5.92 Å². The second-order valence-electron chi connectivity index (χ2n) is 6.65. The second kappa shape index (κ2) is 10.2. The Morgan fingerprint density at radius 1 is 0.842 bits per heavy atom. The average Bonchev–Trinajstić information content (AvgIpc) is 2.31. The average molecular weight is 268 g/mol. The van der Waals surface area contributed by atoms with Gasteiger partial charge in [-0.15, -0.1) is 0 Å². The molecule has 1 atom stereocenters. The van der Waals surface area contributed by atoms with E-state index in [9.17, 15) is 9.59 Å². The fraction of sp³-hybridized carbons (Fsp3) is 0.882. The first-order valence-electron chi connectivity index (χ1n) is 7.87. The third kappa shape index (κ3) is 10.9. The van der Waals surface area contributed by atoms with Gasteiger partial charge < -0.3 is 0 Å². The summed E-state index contributed by atoms with van der Waals surface area (Å²) in [4.78, 5) is 23.3. The van der Waals surface area contributed by atoms with Crippen molar-refractivity contribution in [1.82, 2.24) is 0 Å². The Kier molecular flexibility index (Phi) is 9.81. The first-order chi connectivity index (χ1) is 8.82. The maximum atomic E-state index is 11.8. The lowest BCUT2D eigenvalue weighted by atomic mass is 9.93. The van der Waals surface area contributed by atoms with Crippen molar-refractivity contribution in [2.24, 2.45) is 17.8 Å². The largest absolute Gasteiger partial charge is 0.300 e. The van der Waals surface area contributed by atoms with Crippen molar-refractivity contribution < 1.29 is 9.59 Å². The lowest BCUT2D eigenvalue weighted by Crippen LogP contribution is -2.11. The molecule has 0 spiro atoms. The fourth-order valence-corrected chi connectivity index (χ4v) is 2.14. The number of hydrogen-bond donors (Lipinski definition) is 0. The van der Waals surface area contributed by atoms with E-state index in [0.717, 1.165) is 31.6 Å². The van der Waals surface area contributed by atoms with Crippen LogP contribution in [0.5, 0.6) is 0 Å². The van der Waals surface area contributed by atoms with Gasteiger partial charge in [0.1, 0.15) is 11.6 Å². The van der Waals surface area contributed by atoms with Gasteiger partial charge in [-0.25, -0.2) is 0 Å². The van der Waals surface area contributed by atoms with Gasteiger partial charge in [-0.05, 0) is 24.7 Å². The van der Waals surface area contributed by atoms with E-state index in [1.54, 1.807) is 0 Å². The van der Waals surface area contributed by atoms with Gasteiger partial charge in [0.15, 0.2) is 0 Å². The molecule has 19 heavy (non-hydrogen) atoms. The molecule has 0 aliphatic carbocycles. The van der Waals surface area contributed by atoms with Crippen molar-refractivity contribution >= 4 is 11.6 Å². The van der Waals surface area contributed by atoms with E-state index >= 15 is 0 Å². The zero-order chi connectivity index (χ0) is 14.8. The van der Waals surface area contributed by atoms with Crippen molar-refractivity contribution in [1.29, 1.82) is 0 Å². The number of hydrogen-bond acceptors (Lipinski definition) is 2. The molecule has 0 aromatic heterocycles. The van der Waals surface area contributed by atoms with Crippen LogP contribution in [-0.2, 0) is 9.59 Å². The Balaban J connectivity index is 3.66. The number of rotatable bonds is 11. The van der Waals surface area contributed by atoms with E-state index in [1.165, 1.54) is 6.42 Å². The van der Waals surface area contributed by atoms with Crippen LogP contribution < -0.4 is 0 Å². The Labute approximate surface area is 119 Å². The summed E-state index contributed by atoms with van der Waals surface area (Å²) < 4.78 is 0. The highest BCUT2D eigenvalue weighted by atomic mass is 16.1. The van der Waals surface area contributed by atoms with Gasteiger partial charge >= 0.3 is 0 Å². The highest BCUT2D eigenvalue weighted by Gasteiger charge is 2.13. The SMILES string of the molecule is CC(C)CCCCC(=O)CC(C)CCC(=O)C(C)C. The van der Waals surface area contributed by atoms with Crippen molar-refractivity contribution in [2.75, 3.05) is 0 Å². The minimum Gasteiger partial charge on any atom is -0.300 e. The van der Waals surface area contributed by atoms with Crippen molar-refractivity contribution in [2.45, 2.75) is 79.6 Å². The summed E-state index contributed by atoms with van der Waals surface area (Å²) >= 11 is 0. The van der Waals surface area contributed by atoms with Crippen LogP contribution in [0.1, 0.15) is 79.6 Å². The summed E-state index contributed by atoms with van der Waals surface area (Å²) in [5.74, 6) is 1.89. The molecule has 0 saturated carbocycles. The molecule has 0 N–H and O–H groups in total. The lowest BCUT2D eigenvalue weighted by Gasteiger charge is -2.11. The molecule has 0 aromatic rings. The number of Topliss-reactive ketones (excluding diaryl/α,β-unsaturated/α-hetero) is 2. The van der Waals surface area contributed by atoms with Gasteiger partial charge in [0.25, 0.3) is 0 Å². The van der Waals surface area contributed by atoms with Crippen molar-refractivity contribution in [3.05, 3.63) is 0 Å². The topological polar surface area (TPSA) is 34.1 Å². The molecule has 0 bridgehead atoms. The molecule has 112 valence electrons. The van der Waals surface area contributed by atoms with Crippen LogP contribution in [0.15, 0.2) is 0 Å². The van der Waals surface area contributed by atoms with Gasteiger partial charge in [-0.3, -0.25) is 9.59 Å². The standard InChI is InChI=1S/C17H32O2/c1-13(2)8-6-7-9-16(18)12-15(5)10-11-17(19)14(3)4/h13-15H,6-12H2,1-5H3. The molecular weight excluding hydrogens is 236 g/mol. The van der Waals surface area contributed by atoms with Crippen molar-refractivity contribution in [3.63, 3.8) is 0 Å². The molecule has 0 radical (unpaired) electrons. The lowest BCUT2D eigenvalue weighted by molar-refractivity contribution is -0.123. The summed E-state index contributed by atoms with van der Waals surface area (Å²) in [7, 11) is 0. The first-order valence-corrected chi connectivity index (χ1v) is 7.87. The van der Waals surface area contributed by atoms with Crippen LogP contribution in [0.25, 0.3) is 0 Å². The molecule has 0 rings (SSSR count).